The summed E-state index contributed by atoms with van der Waals surface area (Å²) in [6, 6.07) is 10.9. The Morgan fingerprint density at radius 1 is 1.05 bits per heavy atom. The summed E-state index contributed by atoms with van der Waals surface area (Å²) in [4.78, 5) is 26.4. The van der Waals surface area contributed by atoms with Crippen molar-refractivity contribution >= 4 is 43.9 Å². The molecule has 196 valence electrons. The minimum atomic E-state index is -4.72. The second kappa shape index (κ2) is 10.5. The Balaban J connectivity index is 1.71. The Kier molecular flexibility index (Phi) is 7.60. The number of esters is 1. The predicted molar refractivity (Wildman–Crippen MR) is 133 cm³/mol. The maximum atomic E-state index is 13.5. The molecule has 1 aliphatic carbocycles. The molecule has 0 bridgehead atoms. The number of hydrogen-bond donors (Lipinski definition) is 1. The fourth-order valence-electron chi connectivity index (χ4n) is 4.14. The van der Waals surface area contributed by atoms with Gasteiger partial charge in [-0.15, -0.1) is 11.3 Å². The van der Waals surface area contributed by atoms with E-state index in [2.05, 4.69) is 5.32 Å². The van der Waals surface area contributed by atoms with Crippen LogP contribution in [0.3, 0.4) is 0 Å². The van der Waals surface area contributed by atoms with Crippen LogP contribution >= 0.6 is 11.3 Å². The van der Waals surface area contributed by atoms with Crippen molar-refractivity contribution in [2.45, 2.75) is 36.8 Å². The molecule has 0 saturated carbocycles. The zero-order valence-corrected chi connectivity index (χ0v) is 21.3. The van der Waals surface area contributed by atoms with Gasteiger partial charge in [0.2, 0.25) is 5.91 Å². The summed E-state index contributed by atoms with van der Waals surface area (Å²) in [5.74, 6) is -1.44. The van der Waals surface area contributed by atoms with Gasteiger partial charge in [0.1, 0.15) is 11.5 Å². The summed E-state index contributed by atoms with van der Waals surface area (Å²) in [6.45, 7) is -0.818. The lowest BCUT2D eigenvalue weighted by atomic mass is 9.95. The highest BCUT2D eigenvalue weighted by atomic mass is 32.2. The number of rotatable bonds is 7. The number of benzene rings is 2. The second-order valence-electron chi connectivity index (χ2n) is 8.33. The van der Waals surface area contributed by atoms with Gasteiger partial charge in [-0.1, -0.05) is 24.3 Å². The number of thiophene rings is 1. The first kappa shape index (κ1) is 26.7. The van der Waals surface area contributed by atoms with Gasteiger partial charge < -0.3 is 10.1 Å². The first-order valence-electron chi connectivity index (χ1n) is 11.3. The Morgan fingerprint density at radius 2 is 1.76 bits per heavy atom. The smallest absolute Gasteiger partial charge is 0.416 e. The van der Waals surface area contributed by atoms with Crippen molar-refractivity contribution in [3.63, 3.8) is 0 Å². The molecule has 37 heavy (non-hydrogen) atoms. The van der Waals surface area contributed by atoms with E-state index in [0.717, 1.165) is 41.8 Å². The van der Waals surface area contributed by atoms with Crippen LogP contribution in [-0.4, -0.2) is 33.9 Å². The second-order valence-corrected chi connectivity index (χ2v) is 11.3. The monoisotopic (exact) mass is 552 g/mol. The highest BCUT2D eigenvalue weighted by molar-refractivity contribution is 7.92. The summed E-state index contributed by atoms with van der Waals surface area (Å²) in [7, 11) is -3.20. The Hall–Kier alpha value is -3.38. The molecule has 1 heterocycles. The maximum Gasteiger partial charge on any atom is 0.416 e. The molecule has 0 fully saturated rings. The van der Waals surface area contributed by atoms with E-state index in [1.165, 1.54) is 48.8 Å². The van der Waals surface area contributed by atoms with Crippen LogP contribution in [0, 0.1) is 0 Å². The van der Waals surface area contributed by atoms with Crippen molar-refractivity contribution in [1.29, 1.82) is 0 Å². The number of nitrogens with one attached hydrogen (secondary N) is 1. The van der Waals surface area contributed by atoms with Crippen LogP contribution < -0.4 is 9.62 Å². The molecule has 0 atom stereocenters. The molecule has 1 N–H and O–H groups in total. The third kappa shape index (κ3) is 5.64. The number of alkyl halides is 3. The van der Waals surface area contributed by atoms with Crippen molar-refractivity contribution in [1.82, 2.24) is 0 Å². The van der Waals surface area contributed by atoms with Gasteiger partial charge in [-0.2, -0.15) is 13.2 Å². The van der Waals surface area contributed by atoms with Crippen LogP contribution in [0.15, 0.2) is 59.5 Å². The van der Waals surface area contributed by atoms with E-state index >= 15 is 0 Å². The quantitative estimate of drug-likeness (QED) is 0.404. The molecule has 1 amide bonds. The Bertz CT molecular complexity index is 1420. The lowest BCUT2D eigenvalue weighted by molar-refractivity contribution is -0.137. The lowest BCUT2D eigenvalue weighted by Crippen LogP contribution is -2.38. The molecule has 3 aromatic rings. The Morgan fingerprint density at radius 3 is 2.43 bits per heavy atom. The average Bonchev–Trinajstić information content (AvgIpc) is 3.24. The number of sulfonamides is 1. The number of ether oxygens (including phenoxy) is 1. The van der Waals surface area contributed by atoms with Crippen molar-refractivity contribution in [3.05, 3.63) is 76.2 Å². The highest BCUT2D eigenvalue weighted by Crippen LogP contribution is 2.39. The van der Waals surface area contributed by atoms with Gasteiger partial charge in [0.25, 0.3) is 10.0 Å². The van der Waals surface area contributed by atoms with E-state index in [9.17, 15) is 31.2 Å². The predicted octanol–water partition coefficient (Wildman–Crippen LogP) is 5.27. The van der Waals surface area contributed by atoms with Gasteiger partial charge in [-0.05, 0) is 61.6 Å². The van der Waals surface area contributed by atoms with E-state index in [1.54, 1.807) is 6.07 Å². The van der Waals surface area contributed by atoms with Crippen LogP contribution in [0.25, 0.3) is 0 Å². The molecular weight excluding hydrogens is 529 g/mol. The zero-order valence-electron chi connectivity index (χ0n) is 19.7. The molecule has 1 aromatic heterocycles. The fourth-order valence-corrected chi connectivity index (χ4v) is 6.87. The number of aryl methyl sites for hydroxylation is 1. The molecule has 1 aliphatic rings. The molecule has 12 heteroatoms. The Labute approximate surface area is 215 Å². The van der Waals surface area contributed by atoms with Crippen LogP contribution in [0.2, 0.25) is 0 Å². The molecule has 0 saturated heterocycles. The average molecular weight is 553 g/mol. The van der Waals surface area contributed by atoms with E-state index in [1.807, 2.05) is 0 Å². The number of anilines is 2. The van der Waals surface area contributed by atoms with E-state index in [0.29, 0.717) is 16.8 Å². The van der Waals surface area contributed by atoms with E-state index in [4.69, 9.17) is 4.74 Å². The molecule has 0 radical (unpaired) electrons. The standard InChI is InChI=1S/C25H23F3N2O5S2/c1-35-24(32)22-19-12-5-6-13-20(19)36-23(22)29-21(31)15-30(37(33,34)18-10-3-2-4-11-18)17-9-7-8-16(14-17)25(26,27)28/h2-4,7-11,14H,5-6,12-13,15H2,1H3,(H,29,31). The number of carbonyl (C=O) groups excluding carboxylic acids is 2. The topological polar surface area (TPSA) is 92.8 Å². The number of amides is 1. The largest absolute Gasteiger partial charge is 0.465 e. The number of methoxy groups -OCH3 is 1. The maximum absolute atomic E-state index is 13.5. The van der Waals surface area contributed by atoms with Gasteiger partial charge in [0, 0.05) is 4.88 Å². The first-order valence-corrected chi connectivity index (χ1v) is 13.6. The lowest BCUT2D eigenvalue weighted by Gasteiger charge is -2.25. The number of nitrogens with zero attached hydrogens (tertiary/aromatic N) is 1. The fraction of sp³-hybridized carbons (Fsp3) is 0.280. The summed E-state index contributed by atoms with van der Waals surface area (Å²) < 4.78 is 72.6. The van der Waals surface area contributed by atoms with Crippen LogP contribution in [0.4, 0.5) is 23.9 Å². The van der Waals surface area contributed by atoms with Crippen molar-refractivity contribution in [3.8, 4) is 0 Å². The van der Waals surface area contributed by atoms with Gasteiger partial charge >= 0.3 is 12.1 Å². The number of fused-ring (bicyclic) bond motifs is 1. The van der Waals surface area contributed by atoms with Crippen molar-refractivity contribution < 1.29 is 35.9 Å². The van der Waals surface area contributed by atoms with Gasteiger partial charge in [0.15, 0.2) is 0 Å². The van der Waals surface area contributed by atoms with Gasteiger partial charge in [-0.25, -0.2) is 13.2 Å². The van der Waals surface area contributed by atoms with Crippen molar-refractivity contribution in [2.75, 3.05) is 23.3 Å². The normalized spacial score (nSPS) is 13.5. The summed E-state index contributed by atoms with van der Waals surface area (Å²) in [5, 5.41) is 2.83. The summed E-state index contributed by atoms with van der Waals surface area (Å²) >= 11 is 1.22. The molecule has 0 unspecified atom stereocenters. The molecule has 2 aromatic carbocycles. The van der Waals surface area contributed by atoms with Crippen LogP contribution in [0.1, 0.15) is 39.2 Å². The first-order chi connectivity index (χ1) is 17.5. The van der Waals surface area contributed by atoms with Gasteiger partial charge in [0.05, 0.1) is 28.8 Å². The van der Waals surface area contributed by atoms with Crippen LogP contribution in [-0.2, 0) is 38.6 Å². The molecule has 0 aliphatic heterocycles. The third-order valence-electron chi connectivity index (χ3n) is 5.89. The summed E-state index contributed by atoms with van der Waals surface area (Å²) in [6.07, 6.45) is -1.53. The minimum absolute atomic E-state index is 0.193. The number of halogens is 3. The third-order valence-corrected chi connectivity index (χ3v) is 8.89. The molecule has 4 rings (SSSR count). The molecule has 0 spiro atoms. The molecular formula is C25H23F3N2O5S2. The van der Waals surface area contributed by atoms with E-state index < -0.39 is 40.2 Å². The summed E-state index contributed by atoms with van der Waals surface area (Å²) in [5.41, 5.74) is -0.359. The number of carbonyl (C=O) groups is 2. The number of hydrogen-bond acceptors (Lipinski definition) is 6. The SMILES string of the molecule is COC(=O)c1c(NC(=O)CN(c2cccc(C(F)(F)F)c2)S(=O)(=O)c2ccccc2)sc2c1CCCC2. The van der Waals surface area contributed by atoms with Crippen LogP contribution in [0.5, 0.6) is 0 Å². The van der Waals surface area contributed by atoms with E-state index in [-0.39, 0.29) is 21.1 Å². The van der Waals surface area contributed by atoms with Crippen molar-refractivity contribution in [2.24, 2.45) is 0 Å². The van der Waals surface area contributed by atoms with Gasteiger partial charge in [-0.3, -0.25) is 9.10 Å². The zero-order chi connectivity index (χ0) is 26.8. The highest BCUT2D eigenvalue weighted by Gasteiger charge is 2.34. The molecule has 7 nitrogen and oxygen atoms in total. The minimum Gasteiger partial charge on any atom is -0.465 e.